The van der Waals surface area contributed by atoms with Gasteiger partial charge in [0.2, 0.25) is 0 Å². The van der Waals surface area contributed by atoms with Gasteiger partial charge in [0.15, 0.2) is 11.5 Å². The van der Waals surface area contributed by atoms with Crippen molar-refractivity contribution in [2.24, 2.45) is 0 Å². The molecule has 2 aliphatic rings. The van der Waals surface area contributed by atoms with Gasteiger partial charge >= 0.3 is 6.03 Å². The van der Waals surface area contributed by atoms with Crippen molar-refractivity contribution in [3.05, 3.63) is 63.1 Å². The van der Waals surface area contributed by atoms with Crippen molar-refractivity contribution in [2.45, 2.75) is 51.7 Å². The highest BCUT2D eigenvalue weighted by Gasteiger charge is 2.40. The molecule has 4 amide bonds. The normalized spacial score (nSPS) is 17.6. The maximum Gasteiger partial charge on any atom is 0.331 e. The molecule has 1 heterocycles. The van der Waals surface area contributed by atoms with Gasteiger partial charge < -0.3 is 9.47 Å². The lowest BCUT2D eigenvalue weighted by Gasteiger charge is -2.35. The van der Waals surface area contributed by atoms with E-state index in [9.17, 15) is 19.6 Å². The fourth-order valence-corrected chi connectivity index (χ4v) is 5.06. The number of carbonyl (C=O) groups excluding carboxylic acids is 3. The molecule has 0 radical (unpaired) electrons. The summed E-state index contributed by atoms with van der Waals surface area (Å²) in [7, 11) is 0. The van der Waals surface area contributed by atoms with E-state index < -0.39 is 17.8 Å². The van der Waals surface area contributed by atoms with Gasteiger partial charge in [-0.05, 0) is 65.5 Å². The number of nitrogens with one attached hydrogen (secondary N) is 1. The van der Waals surface area contributed by atoms with E-state index in [1.54, 1.807) is 24.3 Å². The Morgan fingerprint density at radius 3 is 2.61 bits per heavy atom. The van der Waals surface area contributed by atoms with Crippen LogP contribution in [0.15, 0.2) is 46.4 Å². The van der Waals surface area contributed by atoms with Crippen LogP contribution in [0.3, 0.4) is 0 Å². The summed E-state index contributed by atoms with van der Waals surface area (Å²) in [6.07, 6.45) is 5.90. The standard InChI is InChI=1S/C27H26BrN3O5/c1-2-35-23-14-17(13-22(28)24(23)36-16-19-9-7-6-8-18(19)15-29)12-21-25(32)30-27(34)31(26(21)33)20-10-4-3-5-11-20/h6-9,12-14,20H,2-5,10-11,16H2,1H3,(H,30,32,34). The minimum absolute atomic E-state index is 0.105. The van der Waals surface area contributed by atoms with E-state index in [1.165, 1.54) is 11.0 Å². The predicted octanol–water partition coefficient (Wildman–Crippen LogP) is 5.09. The van der Waals surface area contributed by atoms with Crippen molar-refractivity contribution in [3.63, 3.8) is 0 Å². The van der Waals surface area contributed by atoms with E-state index in [4.69, 9.17) is 9.47 Å². The SMILES string of the molecule is CCOc1cc(C=C2C(=O)NC(=O)N(C3CCCCC3)C2=O)cc(Br)c1OCc1ccccc1C#N. The lowest BCUT2D eigenvalue weighted by atomic mass is 9.93. The number of hydrogen-bond donors (Lipinski definition) is 1. The molecule has 1 saturated heterocycles. The Hall–Kier alpha value is -3.64. The lowest BCUT2D eigenvalue weighted by molar-refractivity contribution is -0.132. The highest BCUT2D eigenvalue weighted by molar-refractivity contribution is 9.10. The molecule has 0 unspecified atom stereocenters. The number of barbiturate groups is 1. The van der Waals surface area contributed by atoms with Gasteiger partial charge in [-0.3, -0.25) is 19.8 Å². The maximum atomic E-state index is 13.2. The van der Waals surface area contributed by atoms with Crippen LogP contribution in [0.25, 0.3) is 6.08 Å². The maximum absolute atomic E-state index is 13.2. The molecule has 1 N–H and O–H groups in total. The van der Waals surface area contributed by atoms with E-state index in [0.717, 1.165) is 37.7 Å². The first kappa shape index (κ1) is 25.5. The summed E-state index contributed by atoms with van der Waals surface area (Å²) in [5.41, 5.74) is 1.68. The van der Waals surface area contributed by atoms with Crippen LogP contribution in [-0.4, -0.2) is 35.4 Å². The van der Waals surface area contributed by atoms with E-state index >= 15 is 0 Å². The number of hydrogen-bond acceptors (Lipinski definition) is 6. The second kappa shape index (κ2) is 11.4. The zero-order chi connectivity index (χ0) is 25.7. The lowest BCUT2D eigenvalue weighted by Crippen LogP contribution is -2.58. The minimum Gasteiger partial charge on any atom is -0.490 e. The minimum atomic E-state index is -0.723. The summed E-state index contributed by atoms with van der Waals surface area (Å²) in [6.45, 7) is 2.35. The Balaban J connectivity index is 1.63. The van der Waals surface area contributed by atoms with Crippen molar-refractivity contribution in [1.82, 2.24) is 10.2 Å². The number of urea groups is 1. The first-order valence-electron chi connectivity index (χ1n) is 11.9. The molecule has 36 heavy (non-hydrogen) atoms. The van der Waals surface area contributed by atoms with E-state index in [1.807, 2.05) is 19.1 Å². The Labute approximate surface area is 218 Å². The number of imide groups is 2. The van der Waals surface area contributed by atoms with Crippen molar-refractivity contribution >= 4 is 39.9 Å². The summed E-state index contributed by atoms with van der Waals surface area (Å²) in [5.74, 6) is -0.458. The second-order valence-corrected chi connectivity index (χ2v) is 9.46. The fraction of sp³-hybridized carbons (Fsp3) is 0.333. The third-order valence-corrected chi connectivity index (χ3v) is 6.81. The number of carbonyl (C=O) groups is 3. The van der Waals surface area contributed by atoms with Crippen LogP contribution in [0.5, 0.6) is 11.5 Å². The summed E-state index contributed by atoms with van der Waals surface area (Å²) >= 11 is 3.51. The van der Waals surface area contributed by atoms with Gasteiger partial charge in [-0.15, -0.1) is 0 Å². The molecule has 186 valence electrons. The second-order valence-electron chi connectivity index (χ2n) is 8.60. The number of halogens is 1. The molecular formula is C27H26BrN3O5. The zero-order valence-corrected chi connectivity index (χ0v) is 21.5. The average Bonchev–Trinajstić information content (AvgIpc) is 2.87. The third-order valence-electron chi connectivity index (χ3n) is 6.23. The quantitative estimate of drug-likeness (QED) is 0.379. The zero-order valence-electron chi connectivity index (χ0n) is 19.9. The van der Waals surface area contributed by atoms with Gasteiger partial charge in [-0.25, -0.2) is 4.79 Å². The molecule has 4 rings (SSSR count). The van der Waals surface area contributed by atoms with Gasteiger partial charge in [-0.1, -0.05) is 37.5 Å². The Kier molecular flexibility index (Phi) is 8.06. The largest absolute Gasteiger partial charge is 0.490 e. The fourth-order valence-electron chi connectivity index (χ4n) is 4.49. The topological polar surface area (TPSA) is 109 Å². The van der Waals surface area contributed by atoms with Gasteiger partial charge in [0.1, 0.15) is 12.2 Å². The molecule has 0 spiro atoms. The summed E-state index contributed by atoms with van der Waals surface area (Å²) in [6, 6.07) is 11.8. The van der Waals surface area contributed by atoms with Crippen molar-refractivity contribution < 1.29 is 23.9 Å². The van der Waals surface area contributed by atoms with Gasteiger partial charge in [-0.2, -0.15) is 5.26 Å². The Morgan fingerprint density at radius 2 is 1.89 bits per heavy atom. The molecule has 2 fully saturated rings. The third kappa shape index (κ3) is 5.44. The highest BCUT2D eigenvalue weighted by atomic mass is 79.9. The molecular weight excluding hydrogens is 526 g/mol. The molecule has 0 bridgehead atoms. The van der Waals surface area contributed by atoms with Crippen LogP contribution in [0.2, 0.25) is 0 Å². The van der Waals surface area contributed by atoms with Crippen molar-refractivity contribution in [3.8, 4) is 17.6 Å². The van der Waals surface area contributed by atoms with Crippen molar-refractivity contribution in [1.29, 1.82) is 5.26 Å². The first-order valence-corrected chi connectivity index (χ1v) is 12.7. The molecule has 0 atom stereocenters. The van der Waals surface area contributed by atoms with Crippen LogP contribution in [0.1, 0.15) is 55.7 Å². The summed E-state index contributed by atoms with van der Waals surface area (Å²) in [4.78, 5) is 39.5. The van der Waals surface area contributed by atoms with Crippen LogP contribution < -0.4 is 14.8 Å². The molecule has 2 aromatic rings. The molecule has 8 nitrogen and oxygen atoms in total. The Bertz CT molecular complexity index is 1260. The number of ether oxygens (including phenoxy) is 2. The molecule has 2 aromatic carbocycles. The van der Waals surface area contributed by atoms with E-state index in [2.05, 4.69) is 27.3 Å². The number of benzene rings is 2. The van der Waals surface area contributed by atoms with Crippen LogP contribution in [-0.2, 0) is 16.2 Å². The highest BCUT2D eigenvalue weighted by Crippen LogP contribution is 2.38. The summed E-state index contributed by atoms with van der Waals surface area (Å²) in [5, 5.41) is 11.6. The van der Waals surface area contributed by atoms with Crippen molar-refractivity contribution in [2.75, 3.05) is 6.61 Å². The Morgan fingerprint density at radius 1 is 1.14 bits per heavy atom. The molecule has 0 aromatic heterocycles. The van der Waals surface area contributed by atoms with Gasteiger partial charge in [0.05, 0.1) is 22.7 Å². The van der Waals surface area contributed by atoms with Crippen LogP contribution >= 0.6 is 15.9 Å². The predicted molar refractivity (Wildman–Crippen MR) is 136 cm³/mol. The molecule has 9 heteroatoms. The monoisotopic (exact) mass is 551 g/mol. The number of amides is 4. The van der Waals surface area contributed by atoms with Crippen LogP contribution in [0, 0.1) is 11.3 Å². The van der Waals surface area contributed by atoms with Gasteiger partial charge in [0.25, 0.3) is 11.8 Å². The van der Waals surface area contributed by atoms with E-state index in [0.29, 0.717) is 33.7 Å². The molecule has 1 aliphatic heterocycles. The smallest absolute Gasteiger partial charge is 0.331 e. The number of nitrogens with zero attached hydrogens (tertiary/aromatic N) is 2. The number of nitriles is 1. The molecule has 1 aliphatic carbocycles. The van der Waals surface area contributed by atoms with Gasteiger partial charge in [0, 0.05) is 11.6 Å². The summed E-state index contributed by atoms with van der Waals surface area (Å²) < 4.78 is 12.3. The first-order chi connectivity index (χ1) is 17.4. The van der Waals surface area contributed by atoms with Crippen LogP contribution in [0.4, 0.5) is 4.79 Å². The molecule has 1 saturated carbocycles. The number of rotatable bonds is 7. The average molecular weight is 552 g/mol. The van der Waals surface area contributed by atoms with E-state index in [-0.39, 0.29) is 18.2 Å².